The van der Waals surface area contributed by atoms with Crippen molar-refractivity contribution in [1.29, 1.82) is 0 Å². The van der Waals surface area contributed by atoms with E-state index in [4.69, 9.17) is 0 Å². The van der Waals surface area contributed by atoms with Gasteiger partial charge in [-0.15, -0.1) is 0 Å². The van der Waals surface area contributed by atoms with E-state index < -0.39 is 11.8 Å². The highest BCUT2D eigenvalue weighted by molar-refractivity contribution is 6.40. The van der Waals surface area contributed by atoms with Gasteiger partial charge >= 0.3 is 11.8 Å². The van der Waals surface area contributed by atoms with Crippen molar-refractivity contribution in [2.75, 3.05) is 12.4 Å². The van der Waals surface area contributed by atoms with Crippen LogP contribution in [0.2, 0.25) is 0 Å². The molecule has 0 radical (unpaired) electrons. The zero-order valence-corrected chi connectivity index (χ0v) is 12.2. The van der Waals surface area contributed by atoms with Crippen LogP contribution in [0.1, 0.15) is 31.8 Å². The lowest BCUT2D eigenvalue weighted by atomic mass is 9.83. The van der Waals surface area contributed by atoms with Crippen molar-refractivity contribution >= 4 is 29.1 Å². The molecule has 6 heteroatoms. The summed E-state index contributed by atoms with van der Waals surface area (Å²) in [5.41, 5.74) is 1.08. The lowest BCUT2D eigenvalue weighted by Crippen LogP contribution is -2.33. The van der Waals surface area contributed by atoms with E-state index in [0.29, 0.717) is 5.56 Å². The van der Waals surface area contributed by atoms with Gasteiger partial charge in [0.05, 0.1) is 11.3 Å². The minimum absolute atomic E-state index is 0.105. The SMILES string of the molecule is CNC(=O)C(=O)Nc1cccc2c1C(=O)c1ccccc1C2=O. The molecule has 0 heterocycles. The summed E-state index contributed by atoms with van der Waals surface area (Å²) in [7, 11) is 1.33. The van der Waals surface area contributed by atoms with Crippen LogP contribution in [0, 0.1) is 0 Å². The predicted octanol–water partition coefficient (Wildman–Crippen LogP) is 1.15. The van der Waals surface area contributed by atoms with Crippen molar-refractivity contribution in [3.05, 3.63) is 64.7 Å². The molecule has 1 aliphatic rings. The van der Waals surface area contributed by atoms with Crippen LogP contribution in [0.4, 0.5) is 5.69 Å². The van der Waals surface area contributed by atoms with Gasteiger partial charge < -0.3 is 10.6 Å². The molecule has 0 saturated heterocycles. The predicted molar refractivity (Wildman–Crippen MR) is 82.4 cm³/mol. The zero-order valence-electron chi connectivity index (χ0n) is 12.2. The Morgan fingerprint density at radius 2 is 1.39 bits per heavy atom. The Kier molecular flexibility index (Phi) is 3.50. The fraction of sp³-hybridized carbons (Fsp3) is 0.0588. The summed E-state index contributed by atoms with van der Waals surface area (Å²) in [6.07, 6.45) is 0. The molecule has 2 aromatic carbocycles. The lowest BCUT2D eigenvalue weighted by molar-refractivity contribution is -0.135. The van der Waals surface area contributed by atoms with Crippen LogP contribution in [0.25, 0.3) is 0 Å². The van der Waals surface area contributed by atoms with E-state index in [1.165, 1.54) is 19.2 Å². The molecule has 6 nitrogen and oxygen atoms in total. The minimum Gasteiger partial charge on any atom is -0.351 e. The van der Waals surface area contributed by atoms with Gasteiger partial charge in [-0.3, -0.25) is 19.2 Å². The highest BCUT2D eigenvalue weighted by Crippen LogP contribution is 2.31. The first-order chi connectivity index (χ1) is 11.0. The molecule has 0 atom stereocenters. The number of amides is 2. The molecular weight excluding hydrogens is 296 g/mol. The van der Waals surface area contributed by atoms with E-state index in [9.17, 15) is 19.2 Å². The van der Waals surface area contributed by atoms with E-state index in [2.05, 4.69) is 10.6 Å². The van der Waals surface area contributed by atoms with Gasteiger partial charge in [-0.25, -0.2) is 0 Å². The maximum atomic E-state index is 12.7. The van der Waals surface area contributed by atoms with Crippen molar-refractivity contribution < 1.29 is 19.2 Å². The largest absolute Gasteiger partial charge is 0.351 e. The van der Waals surface area contributed by atoms with Crippen molar-refractivity contribution in [1.82, 2.24) is 5.32 Å². The molecule has 0 aromatic heterocycles. The summed E-state index contributed by atoms with van der Waals surface area (Å²) < 4.78 is 0. The van der Waals surface area contributed by atoms with Crippen LogP contribution in [0.3, 0.4) is 0 Å². The number of rotatable bonds is 1. The summed E-state index contributed by atoms with van der Waals surface area (Å²) in [6.45, 7) is 0. The third-order valence-electron chi connectivity index (χ3n) is 3.63. The van der Waals surface area contributed by atoms with Crippen molar-refractivity contribution in [3.63, 3.8) is 0 Å². The van der Waals surface area contributed by atoms with Crippen molar-refractivity contribution in [2.45, 2.75) is 0 Å². The van der Waals surface area contributed by atoms with Crippen LogP contribution >= 0.6 is 0 Å². The molecule has 114 valence electrons. The monoisotopic (exact) mass is 308 g/mol. The van der Waals surface area contributed by atoms with E-state index in [-0.39, 0.29) is 33.9 Å². The smallest absolute Gasteiger partial charge is 0.313 e. The number of anilines is 1. The number of benzene rings is 2. The van der Waals surface area contributed by atoms with Gasteiger partial charge in [0.25, 0.3) is 0 Å². The van der Waals surface area contributed by atoms with Crippen molar-refractivity contribution in [2.24, 2.45) is 0 Å². The first-order valence-corrected chi connectivity index (χ1v) is 6.89. The Bertz CT molecular complexity index is 871. The standard InChI is InChI=1S/C17H12N2O4/c1-18-16(22)17(23)19-12-8-4-7-11-13(12)15(21)10-6-3-2-5-9(10)14(11)20/h2-8H,1H3,(H,18,22)(H,19,23). The lowest BCUT2D eigenvalue weighted by Gasteiger charge is -2.20. The normalized spacial score (nSPS) is 12.2. The van der Waals surface area contributed by atoms with E-state index in [1.54, 1.807) is 30.3 Å². The highest BCUT2D eigenvalue weighted by Gasteiger charge is 2.31. The first-order valence-electron chi connectivity index (χ1n) is 6.89. The third-order valence-corrected chi connectivity index (χ3v) is 3.63. The zero-order chi connectivity index (χ0) is 16.6. The van der Waals surface area contributed by atoms with Gasteiger partial charge in [0.1, 0.15) is 0 Å². The van der Waals surface area contributed by atoms with Gasteiger partial charge in [0, 0.05) is 23.7 Å². The molecule has 0 fully saturated rings. The van der Waals surface area contributed by atoms with E-state index in [1.807, 2.05) is 0 Å². The highest BCUT2D eigenvalue weighted by atomic mass is 16.2. The number of likely N-dealkylation sites (N-methyl/N-ethyl adjacent to an activating group) is 1. The molecule has 1 aliphatic carbocycles. The second-order valence-electron chi connectivity index (χ2n) is 4.97. The topological polar surface area (TPSA) is 92.3 Å². The van der Waals surface area contributed by atoms with Gasteiger partial charge in [-0.1, -0.05) is 36.4 Å². The molecular formula is C17H12N2O4. The van der Waals surface area contributed by atoms with Crippen LogP contribution in [-0.4, -0.2) is 30.4 Å². The second kappa shape index (κ2) is 5.49. The Labute approximate surface area is 131 Å². The maximum absolute atomic E-state index is 12.7. The molecule has 0 unspecified atom stereocenters. The molecule has 23 heavy (non-hydrogen) atoms. The van der Waals surface area contributed by atoms with Crippen LogP contribution in [0.15, 0.2) is 42.5 Å². The van der Waals surface area contributed by atoms with Gasteiger partial charge in [0.15, 0.2) is 11.6 Å². The molecule has 2 amide bonds. The molecule has 0 saturated carbocycles. The van der Waals surface area contributed by atoms with Gasteiger partial charge in [-0.05, 0) is 6.07 Å². The van der Waals surface area contributed by atoms with E-state index >= 15 is 0 Å². The Balaban J connectivity index is 2.11. The van der Waals surface area contributed by atoms with Crippen LogP contribution < -0.4 is 10.6 Å². The average molecular weight is 308 g/mol. The fourth-order valence-electron chi connectivity index (χ4n) is 2.54. The third kappa shape index (κ3) is 2.30. The van der Waals surface area contributed by atoms with Gasteiger partial charge in [-0.2, -0.15) is 0 Å². The summed E-state index contributed by atoms with van der Waals surface area (Å²) in [6, 6.07) is 11.1. The summed E-state index contributed by atoms with van der Waals surface area (Å²) in [5, 5.41) is 4.58. The molecule has 0 bridgehead atoms. The second-order valence-corrected chi connectivity index (χ2v) is 4.97. The number of ketones is 2. The minimum atomic E-state index is -0.903. The molecule has 3 rings (SSSR count). The van der Waals surface area contributed by atoms with E-state index in [0.717, 1.165) is 0 Å². The summed E-state index contributed by atoms with van der Waals surface area (Å²) >= 11 is 0. The Morgan fingerprint density at radius 3 is 2.04 bits per heavy atom. The van der Waals surface area contributed by atoms with Crippen molar-refractivity contribution in [3.8, 4) is 0 Å². The number of carbonyl (C=O) groups is 4. The van der Waals surface area contributed by atoms with Crippen LogP contribution in [-0.2, 0) is 9.59 Å². The molecule has 0 spiro atoms. The quantitative estimate of drug-likeness (QED) is 0.660. The number of hydrogen-bond acceptors (Lipinski definition) is 4. The number of hydrogen-bond donors (Lipinski definition) is 2. The number of nitrogens with one attached hydrogen (secondary N) is 2. The average Bonchev–Trinajstić information content (AvgIpc) is 2.58. The maximum Gasteiger partial charge on any atom is 0.313 e. The fourth-order valence-corrected chi connectivity index (χ4v) is 2.54. The summed E-state index contributed by atoms with van der Waals surface area (Å²) in [4.78, 5) is 48.3. The van der Waals surface area contributed by atoms with Crippen LogP contribution in [0.5, 0.6) is 0 Å². The van der Waals surface area contributed by atoms with Gasteiger partial charge in [0.2, 0.25) is 0 Å². The molecule has 2 N–H and O–H groups in total. The molecule has 0 aliphatic heterocycles. The Morgan fingerprint density at radius 1 is 0.783 bits per heavy atom. The number of carbonyl (C=O) groups excluding carboxylic acids is 4. The summed E-state index contributed by atoms with van der Waals surface area (Å²) in [5.74, 6) is -2.38. The number of fused-ring (bicyclic) bond motifs is 2. The molecule has 2 aromatic rings. The first kappa shape index (κ1) is 14.6. The Hall–Kier alpha value is -3.28.